The van der Waals surface area contributed by atoms with Crippen molar-refractivity contribution in [3.8, 4) is 11.5 Å². The van der Waals surface area contributed by atoms with Gasteiger partial charge in [-0.3, -0.25) is 4.79 Å². The number of carboxylic acids is 2. The lowest BCUT2D eigenvalue weighted by Crippen LogP contribution is -2.38. The van der Waals surface area contributed by atoms with Gasteiger partial charge in [0.25, 0.3) is 0 Å². The highest BCUT2D eigenvalue weighted by Crippen LogP contribution is 2.56. The van der Waals surface area contributed by atoms with Crippen LogP contribution in [0.5, 0.6) is 11.5 Å². The number of ether oxygens (including phenoxy) is 3. The molecule has 0 spiro atoms. The van der Waals surface area contributed by atoms with Gasteiger partial charge >= 0.3 is 18.3 Å². The van der Waals surface area contributed by atoms with E-state index in [1.165, 1.54) is 26.0 Å². The molecule has 0 aliphatic heterocycles. The van der Waals surface area contributed by atoms with Gasteiger partial charge in [-0.2, -0.15) is 0 Å². The van der Waals surface area contributed by atoms with Gasteiger partial charge in [-0.1, -0.05) is 38.1 Å². The minimum absolute atomic E-state index is 0.193. The van der Waals surface area contributed by atoms with Crippen molar-refractivity contribution in [3.63, 3.8) is 0 Å². The van der Waals surface area contributed by atoms with E-state index in [0.29, 0.717) is 11.7 Å². The van der Waals surface area contributed by atoms with Crippen LogP contribution in [-0.4, -0.2) is 41.2 Å². The molecule has 2 fully saturated rings. The van der Waals surface area contributed by atoms with Crippen molar-refractivity contribution < 1.29 is 47.2 Å². The number of carboxylic acid groups (broad SMARTS) is 2. The van der Waals surface area contributed by atoms with E-state index in [9.17, 15) is 27.9 Å². The Balaban J connectivity index is 0.000000631. The van der Waals surface area contributed by atoms with E-state index in [1.807, 2.05) is 12.1 Å². The second-order valence-corrected chi connectivity index (χ2v) is 10.8. The highest BCUT2D eigenvalue weighted by molar-refractivity contribution is 5.77. The smallest absolute Gasteiger partial charge is 0.481 e. The predicted octanol–water partition coefficient (Wildman–Crippen LogP) is 6.92. The number of carbonyl (C=O) groups is 2. The summed E-state index contributed by atoms with van der Waals surface area (Å²) in [5.41, 5.74) is 1.65. The second kappa shape index (κ2) is 11.9. The summed E-state index contributed by atoms with van der Waals surface area (Å²) in [5.74, 6) is -0.832. The Morgan fingerprint density at radius 2 is 1.56 bits per heavy atom. The molecule has 2 N–H and O–H groups in total. The second-order valence-electron chi connectivity index (χ2n) is 10.8. The van der Waals surface area contributed by atoms with Gasteiger partial charge in [0.15, 0.2) is 5.60 Å². The SMILES string of the molecule is CC(C)C(=O)O.COC(c1ccc(OC(F)(F)F)cc1)C1CC1c1ccc(OC(C)(C)C(=O)O)c(C2CC2)c1. The maximum atomic E-state index is 12.4. The zero-order valence-electron chi connectivity index (χ0n) is 22.6. The average Bonchev–Trinajstić information content (AvgIpc) is 3.75. The van der Waals surface area contributed by atoms with E-state index < -0.39 is 23.9 Å². The fourth-order valence-electron chi connectivity index (χ4n) is 4.27. The summed E-state index contributed by atoms with van der Waals surface area (Å²) in [4.78, 5) is 21.2. The molecule has 2 aliphatic carbocycles. The first-order valence-corrected chi connectivity index (χ1v) is 12.8. The fourth-order valence-corrected chi connectivity index (χ4v) is 4.27. The maximum Gasteiger partial charge on any atom is 0.573 e. The van der Waals surface area contributed by atoms with Crippen LogP contribution in [0.15, 0.2) is 42.5 Å². The van der Waals surface area contributed by atoms with Gasteiger partial charge < -0.3 is 24.4 Å². The van der Waals surface area contributed by atoms with Gasteiger partial charge in [0.1, 0.15) is 11.5 Å². The Labute approximate surface area is 225 Å². The molecule has 0 amide bonds. The summed E-state index contributed by atoms with van der Waals surface area (Å²) >= 11 is 0. The van der Waals surface area contributed by atoms with E-state index in [0.717, 1.165) is 36.0 Å². The number of benzene rings is 2. The van der Waals surface area contributed by atoms with Gasteiger partial charge in [-0.25, -0.2) is 4.79 Å². The number of rotatable bonds is 10. The molecule has 4 rings (SSSR count). The lowest BCUT2D eigenvalue weighted by atomic mass is 9.98. The van der Waals surface area contributed by atoms with Crippen LogP contribution in [0, 0.1) is 11.8 Å². The summed E-state index contributed by atoms with van der Waals surface area (Å²) in [6, 6.07) is 11.7. The van der Waals surface area contributed by atoms with Crippen molar-refractivity contribution in [2.45, 2.75) is 76.9 Å². The van der Waals surface area contributed by atoms with Gasteiger partial charge in [0.2, 0.25) is 0 Å². The lowest BCUT2D eigenvalue weighted by molar-refractivity contribution is -0.274. The number of halogens is 3. The van der Waals surface area contributed by atoms with E-state index in [1.54, 1.807) is 33.1 Å². The fraction of sp³-hybridized carbons (Fsp3) is 0.517. The Morgan fingerprint density at radius 3 is 2.03 bits per heavy atom. The molecule has 2 aromatic carbocycles. The van der Waals surface area contributed by atoms with Crippen molar-refractivity contribution in [2.24, 2.45) is 11.8 Å². The molecule has 3 atom stereocenters. The molecule has 0 heterocycles. The quantitative estimate of drug-likeness (QED) is 0.330. The van der Waals surface area contributed by atoms with Crippen molar-refractivity contribution in [2.75, 3.05) is 7.11 Å². The predicted molar refractivity (Wildman–Crippen MR) is 137 cm³/mol. The minimum Gasteiger partial charge on any atom is -0.481 e. The van der Waals surface area contributed by atoms with Crippen LogP contribution in [0.4, 0.5) is 13.2 Å². The molecule has 2 saturated carbocycles. The number of aliphatic carboxylic acids is 2. The van der Waals surface area contributed by atoms with Crippen molar-refractivity contribution in [3.05, 3.63) is 59.2 Å². The van der Waals surface area contributed by atoms with Crippen LogP contribution in [0.25, 0.3) is 0 Å². The molecule has 2 aromatic rings. The summed E-state index contributed by atoms with van der Waals surface area (Å²) in [6.07, 6.45) is -1.98. The van der Waals surface area contributed by atoms with Crippen LogP contribution >= 0.6 is 0 Å². The van der Waals surface area contributed by atoms with Gasteiger partial charge in [-0.15, -0.1) is 13.2 Å². The summed E-state index contributed by atoms with van der Waals surface area (Å²) in [7, 11) is 1.60. The number of hydrogen-bond acceptors (Lipinski definition) is 5. The van der Waals surface area contributed by atoms with Crippen LogP contribution in [0.1, 0.15) is 81.6 Å². The van der Waals surface area contributed by atoms with Crippen molar-refractivity contribution in [1.82, 2.24) is 0 Å². The normalized spacial score (nSPS) is 19.5. The van der Waals surface area contributed by atoms with Gasteiger partial charge in [0.05, 0.1) is 12.0 Å². The first-order valence-electron chi connectivity index (χ1n) is 12.8. The number of methoxy groups -OCH3 is 1. The number of alkyl halides is 3. The first kappa shape index (κ1) is 30.3. The minimum atomic E-state index is -4.72. The molecule has 0 aromatic heterocycles. The van der Waals surface area contributed by atoms with Gasteiger partial charge in [0, 0.05) is 7.11 Å². The number of hydrogen-bond donors (Lipinski definition) is 2. The third-order valence-corrected chi connectivity index (χ3v) is 6.78. The molecular weight excluding hydrogens is 517 g/mol. The topological polar surface area (TPSA) is 102 Å². The summed E-state index contributed by atoms with van der Waals surface area (Å²) in [6.45, 7) is 6.35. The zero-order chi connectivity index (χ0) is 29.1. The average molecular weight is 553 g/mol. The highest BCUT2D eigenvalue weighted by atomic mass is 19.4. The Morgan fingerprint density at radius 1 is 0.974 bits per heavy atom. The molecule has 0 saturated heterocycles. The molecule has 39 heavy (non-hydrogen) atoms. The Kier molecular flexibility index (Phi) is 9.20. The lowest BCUT2D eigenvalue weighted by Gasteiger charge is -2.24. The monoisotopic (exact) mass is 552 g/mol. The Bertz CT molecular complexity index is 1150. The van der Waals surface area contributed by atoms with Crippen LogP contribution in [0.3, 0.4) is 0 Å². The summed E-state index contributed by atoms with van der Waals surface area (Å²) in [5, 5.41) is 17.4. The van der Waals surface area contributed by atoms with Crippen LogP contribution in [0.2, 0.25) is 0 Å². The van der Waals surface area contributed by atoms with E-state index >= 15 is 0 Å². The van der Waals surface area contributed by atoms with Gasteiger partial charge in [-0.05, 0) is 85.8 Å². The van der Waals surface area contributed by atoms with Crippen LogP contribution < -0.4 is 9.47 Å². The molecule has 0 radical (unpaired) electrons. The third kappa shape index (κ3) is 8.36. The van der Waals surface area contributed by atoms with E-state index in [-0.39, 0.29) is 29.6 Å². The molecular formula is C29H35F3O7. The Hall–Kier alpha value is -3.27. The first-order chi connectivity index (χ1) is 18.1. The third-order valence-electron chi connectivity index (χ3n) is 6.78. The molecule has 10 heteroatoms. The summed E-state index contributed by atoms with van der Waals surface area (Å²) < 4.78 is 52.7. The van der Waals surface area contributed by atoms with E-state index in [4.69, 9.17) is 14.6 Å². The highest BCUT2D eigenvalue weighted by Gasteiger charge is 2.45. The zero-order valence-corrected chi connectivity index (χ0v) is 22.6. The standard InChI is InChI=1S/C25H27F3O5.C4H8O2/c1-24(2,23(29)30)33-21-11-8-16(12-19(21)14-4-5-14)18-13-20(18)22(31-3)15-6-9-17(10-7-15)32-25(26,27)28;1-3(2)4(5)6/h6-12,14,18,20,22H,4-5,13H2,1-3H3,(H,29,30);3H,1-2H3,(H,5,6). The van der Waals surface area contributed by atoms with E-state index in [2.05, 4.69) is 10.8 Å². The van der Waals surface area contributed by atoms with Crippen molar-refractivity contribution in [1.29, 1.82) is 0 Å². The maximum absolute atomic E-state index is 12.4. The van der Waals surface area contributed by atoms with Crippen LogP contribution in [-0.2, 0) is 14.3 Å². The molecule has 7 nitrogen and oxygen atoms in total. The largest absolute Gasteiger partial charge is 0.573 e. The molecule has 3 unspecified atom stereocenters. The molecule has 214 valence electrons. The molecule has 0 bridgehead atoms. The molecule has 2 aliphatic rings. The van der Waals surface area contributed by atoms with Crippen molar-refractivity contribution >= 4 is 11.9 Å².